The molecule has 1 aromatic rings. The Labute approximate surface area is 111 Å². The predicted molar refractivity (Wildman–Crippen MR) is 67.1 cm³/mol. The average Bonchev–Trinajstić information content (AvgIpc) is 2.82. The molecule has 4 nitrogen and oxygen atoms in total. The van der Waals surface area contributed by atoms with Gasteiger partial charge in [-0.1, -0.05) is 0 Å². The molecule has 0 aromatic heterocycles. The molecule has 1 saturated heterocycles. The van der Waals surface area contributed by atoms with Crippen LogP contribution in [0.4, 0.5) is 8.78 Å². The van der Waals surface area contributed by atoms with Gasteiger partial charge in [0.1, 0.15) is 16.5 Å². The Kier molecular flexibility index (Phi) is 3.89. The molecule has 19 heavy (non-hydrogen) atoms. The highest BCUT2D eigenvalue weighted by Crippen LogP contribution is 2.28. The number of halogens is 2. The third-order valence-corrected chi connectivity index (χ3v) is 5.36. The van der Waals surface area contributed by atoms with E-state index in [1.807, 2.05) is 0 Å². The summed E-state index contributed by atoms with van der Waals surface area (Å²) >= 11 is 0. The highest BCUT2D eigenvalue weighted by atomic mass is 32.2. The quantitative estimate of drug-likeness (QED) is 0.915. The lowest BCUT2D eigenvalue weighted by atomic mass is 10.2. The van der Waals surface area contributed by atoms with E-state index in [4.69, 9.17) is 5.73 Å². The van der Waals surface area contributed by atoms with Crippen LogP contribution in [0, 0.1) is 18.6 Å². The first-order valence-corrected chi connectivity index (χ1v) is 7.49. The molecule has 0 radical (unpaired) electrons. The summed E-state index contributed by atoms with van der Waals surface area (Å²) in [7, 11) is -4.03. The lowest BCUT2D eigenvalue weighted by Crippen LogP contribution is -2.40. The van der Waals surface area contributed by atoms with Gasteiger partial charge in [-0.15, -0.1) is 0 Å². The van der Waals surface area contributed by atoms with Crippen LogP contribution in [-0.4, -0.2) is 31.9 Å². The molecule has 1 aliphatic heterocycles. The highest BCUT2D eigenvalue weighted by molar-refractivity contribution is 7.89. The Hall–Kier alpha value is -1.05. The van der Waals surface area contributed by atoms with Crippen LogP contribution < -0.4 is 5.73 Å². The molecule has 106 valence electrons. The van der Waals surface area contributed by atoms with Crippen molar-refractivity contribution in [2.24, 2.45) is 5.73 Å². The van der Waals surface area contributed by atoms with Gasteiger partial charge in [0.2, 0.25) is 10.0 Å². The van der Waals surface area contributed by atoms with E-state index in [9.17, 15) is 17.2 Å². The van der Waals surface area contributed by atoms with Crippen LogP contribution in [0.5, 0.6) is 0 Å². The highest BCUT2D eigenvalue weighted by Gasteiger charge is 2.36. The summed E-state index contributed by atoms with van der Waals surface area (Å²) < 4.78 is 53.2. The summed E-state index contributed by atoms with van der Waals surface area (Å²) in [5, 5.41) is 0. The maximum atomic E-state index is 13.8. The molecule has 1 fully saturated rings. The Morgan fingerprint density at radius 2 is 2.05 bits per heavy atom. The summed E-state index contributed by atoms with van der Waals surface area (Å²) in [6.45, 7) is 1.85. The van der Waals surface area contributed by atoms with Gasteiger partial charge in [-0.25, -0.2) is 17.2 Å². The van der Waals surface area contributed by atoms with E-state index in [0.29, 0.717) is 19.4 Å². The normalized spacial score (nSPS) is 20.9. The van der Waals surface area contributed by atoms with Crippen molar-refractivity contribution in [1.29, 1.82) is 0 Å². The number of hydrogen-bond acceptors (Lipinski definition) is 3. The van der Waals surface area contributed by atoms with Crippen LogP contribution in [0.25, 0.3) is 0 Å². The van der Waals surface area contributed by atoms with E-state index in [-0.39, 0.29) is 18.2 Å². The van der Waals surface area contributed by atoms with Crippen molar-refractivity contribution >= 4 is 10.0 Å². The molecule has 1 aliphatic rings. The van der Waals surface area contributed by atoms with Crippen molar-refractivity contribution in [2.45, 2.75) is 30.7 Å². The number of aryl methyl sites for hydroxylation is 1. The molecule has 2 rings (SSSR count). The molecule has 0 spiro atoms. The van der Waals surface area contributed by atoms with Gasteiger partial charge >= 0.3 is 0 Å². The zero-order chi connectivity index (χ0) is 14.2. The van der Waals surface area contributed by atoms with E-state index in [1.54, 1.807) is 0 Å². The molecular formula is C12H16F2N2O2S. The van der Waals surface area contributed by atoms with Gasteiger partial charge in [-0.3, -0.25) is 0 Å². The first-order valence-electron chi connectivity index (χ1n) is 6.05. The Bertz CT molecular complexity index is 590. The van der Waals surface area contributed by atoms with Crippen molar-refractivity contribution in [1.82, 2.24) is 4.31 Å². The van der Waals surface area contributed by atoms with Gasteiger partial charge < -0.3 is 5.73 Å². The smallest absolute Gasteiger partial charge is 0.246 e. The topological polar surface area (TPSA) is 63.4 Å². The molecule has 7 heteroatoms. The molecule has 0 bridgehead atoms. The second kappa shape index (κ2) is 5.15. The van der Waals surface area contributed by atoms with Crippen molar-refractivity contribution in [3.63, 3.8) is 0 Å². The standard InChI is InChI=1S/C12H16F2N2O2S/c1-8-5-11(14)12(6-10(8)13)19(17,18)16-4-2-3-9(16)7-15/h5-6,9H,2-4,7,15H2,1H3. The summed E-state index contributed by atoms with van der Waals surface area (Å²) in [5.74, 6) is -1.66. The second-order valence-electron chi connectivity index (χ2n) is 4.68. The summed E-state index contributed by atoms with van der Waals surface area (Å²) in [4.78, 5) is -0.615. The molecule has 1 atom stereocenters. The van der Waals surface area contributed by atoms with Gasteiger partial charge in [0.25, 0.3) is 0 Å². The maximum Gasteiger partial charge on any atom is 0.246 e. The Balaban J connectivity index is 2.48. The third-order valence-electron chi connectivity index (χ3n) is 3.39. The number of sulfonamides is 1. The fourth-order valence-corrected chi connectivity index (χ4v) is 4.08. The van der Waals surface area contributed by atoms with Gasteiger partial charge in [0.05, 0.1) is 0 Å². The van der Waals surface area contributed by atoms with Crippen LogP contribution in [0.2, 0.25) is 0 Å². The molecule has 1 heterocycles. The first-order chi connectivity index (χ1) is 8.87. The predicted octanol–water partition coefficient (Wildman–Crippen LogP) is 1.39. The van der Waals surface area contributed by atoms with Crippen molar-refractivity contribution in [2.75, 3.05) is 13.1 Å². The zero-order valence-corrected chi connectivity index (χ0v) is 11.4. The Morgan fingerprint density at radius 1 is 1.37 bits per heavy atom. The van der Waals surface area contributed by atoms with Gasteiger partial charge in [-0.2, -0.15) is 4.31 Å². The average molecular weight is 290 g/mol. The largest absolute Gasteiger partial charge is 0.329 e. The van der Waals surface area contributed by atoms with Gasteiger partial charge in [0.15, 0.2) is 0 Å². The first kappa shape index (κ1) is 14.4. The van der Waals surface area contributed by atoms with E-state index in [1.165, 1.54) is 11.2 Å². The number of rotatable bonds is 3. The molecular weight excluding hydrogens is 274 g/mol. The van der Waals surface area contributed by atoms with Crippen LogP contribution in [0.1, 0.15) is 18.4 Å². The van der Waals surface area contributed by atoms with Crippen LogP contribution in [0.15, 0.2) is 17.0 Å². The number of nitrogens with two attached hydrogens (primary N) is 1. The minimum atomic E-state index is -4.03. The monoisotopic (exact) mass is 290 g/mol. The maximum absolute atomic E-state index is 13.8. The Morgan fingerprint density at radius 3 is 2.68 bits per heavy atom. The molecule has 0 aliphatic carbocycles. The van der Waals surface area contributed by atoms with Crippen molar-refractivity contribution < 1.29 is 17.2 Å². The van der Waals surface area contributed by atoms with Gasteiger partial charge in [0, 0.05) is 19.1 Å². The lowest BCUT2D eigenvalue weighted by Gasteiger charge is -2.23. The third kappa shape index (κ3) is 2.50. The zero-order valence-electron chi connectivity index (χ0n) is 10.6. The summed E-state index contributed by atoms with van der Waals surface area (Å²) in [6.07, 6.45) is 1.32. The summed E-state index contributed by atoms with van der Waals surface area (Å²) in [5.41, 5.74) is 5.59. The van der Waals surface area contributed by atoms with Crippen molar-refractivity contribution in [3.05, 3.63) is 29.3 Å². The molecule has 1 aromatic carbocycles. The molecule has 1 unspecified atom stereocenters. The van der Waals surface area contributed by atoms with Crippen LogP contribution in [0.3, 0.4) is 0 Å². The summed E-state index contributed by atoms with van der Waals surface area (Å²) in [6, 6.07) is 1.30. The number of nitrogens with zero attached hydrogens (tertiary/aromatic N) is 1. The van der Waals surface area contributed by atoms with Gasteiger partial charge in [-0.05, 0) is 37.5 Å². The molecule has 0 saturated carbocycles. The van der Waals surface area contributed by atoms with E-state index >= 15 is 0 Å². The van der Waals surface area contributed by atoms with E-state index in [0.717, 1.165) is 12.1 Å². The fraction of sp³-hybridized carbons (Fsp3) is 0.500. The molecule has 0 amide bonds. The van der Waals surface area contributed by atoms with Crippen LogP contribution in [-0.2, 0) is 10.0 Å². The number of benzene rings is 1. The minimum Gasteiger partial charge on any atom is -0.329 e. The molecule has 2 N–H and O–H groups in total. The second-order valence-corrected chi connectivity index (χ2v) is 6.54. The van der Waals surface area contributed by atoms with Crippen molar-refractivity contribution in [3.8, 4) is 0 Å². The number of hydrogen-bond donors (Lipinski definition) is 1. The fourth-order valence-electron chi connectivity index (χ4n) is 2.31. The lowest BCUT2D eigenvalue weighted by molar-refractivity contribution is 0.389. The minimum absolute atomic E-state index is 0.0771. The SMILES string of the molecule is Cc1cc(F)c(S(=O)(=O)N2CCCC2CN)cc1F. The van der Waals surface area contributed by atoms with E-state index < -0.39 is 26.6 Å². The van der Waals surface area contributed by atoms with Crippen LogP contribution >= 0.6 is 0 Å². The van der Waals surface area contributed by atoms with E-state index in [2.05, 4.69) is 0 Å².